The van der Waals surface area contributed by atoms with Crippen molar-refractivity contribution < 1.29 is 0 Å². The van der Waals surface area contributed by atoms with E-state index in [0.717, 1.165) is 17.2 Å². The number of benzene rings is 1. The Balaban J connectivity index is 2.15. The third-order valence-corrected chi connectivity index (χ3v) is 4.00. The smallest absolute Gasteiger partial charge is 0.106 e. The summed E-state index contributed by atoms with van der Waals surface area (Å²) in [6, 6.07) is 6.19. The summed E-state index contributed by atoms with van der Waals surface area (Å²) in [5, 5.41) is 4.23. The molecule has 0 spiro atoms. The lowest BCUT2D eigenvalue weighted by molar-refractivity contribution is 0.358. The Kier molecular flexibility index (Phi) is 4.46. The molecule has 1 aromatic carbocycles. The van der Waals surface area contributed by atoms with Crippen molar-refractivity contribution in [1.82, 2.24) is 0 Å². The Morgan fingerprint density at radius 3 is 2.89 bits per heavy atom. The summed E-state index contributed by atoms with van der Waals surface area (Å²) < 4.78 is 0. The van der Waals surface area contributed by atoms with E-state index in [1.54, 1.807) is 0 Å². The molecule has 0 aromatic heterocycles. The Hall–Kier alpha value is -0.800. The predicted octanol–water partition coefficient (Wildman–Crippen LogP) is 3.96. The van der Waals surface area contributed by atoms with Gasteiger partial charge in [0.1, 0.15) is 4.99 Å². The molecule has 0 saturated heterocycles. The average molecular weight is 283 g/mol. The molecule has 2 unspecified atom stereocenters. The third kappa shape index (κ3) is 3.36. The molecule has 0 heterocycles. The monoisotopic (exact) mass is 282 g/mol. The first kappa shape index (κ1) is 13.6. The van der Waals surface area contributed by atoms with Crippen molar-refractivity contribution in [1.29, 1.82) is 0 Å². The van der Waals surface area contributed by atoms with Gasteiger partial charge in [-0.05, 0) is 37.0 Å². The maximum Gasteiger partial charge on any atom is 0.106 e. The van der Waals surface area contributed by atoms with Gasteiger partial charge in [0.25, 0.3) is 0 Å². The molecule has 2 rings (SSSR count). The van der Waals surface area contributed by atoms with Crippen LogP contribution >= 0.6 is 23.8 Å². The number of anilines is 1. The second kappa shape index (κ2) is 5.89. The van der Waals surface area contributed by atoms with E-state index in [-0.39, 0.29) is 0 Å². The molecule has 2 nitrogen and oxygen atoms in total. The maximum absolute atomic E-state index is 5.98. The van der Waals surface area contributed by atoms with Crippen LogP contribution in [0.1, 0.15) is 38.2 Å². The molecule has 0 aliphatic heterocycles. The van der Waals surface area contributed by atoms with Crippen molar-refractivity contribution in [2.75, 3.05) is 5.32 Å². The molecule has 0 bridgehead atoms. The molecular formula is C14H19ClN2S. The van der Waals surface area contributed by atoms with Crippen molar-refractivity contribution in [3.8, 4) is 0 Å². The quantitative estimate of drug-likeness (QED) is 0.824. The molecule has 3 N–H and O–H groups in total. The summed E-state index contributed by atoms with van der Waals surface area (Å²) in [7, 11) is 0. The molecule has 1 fully saturated rings. The van der Waals surface area contributed by atoms with Gasteiger partial charge >= 0.3 is 0 Å². The Labute approximate surface area is 119 Å². The molecule has 4 heteroatoms. The minimum Gasteiger partial charge on any atom is -0.389 e. The van der Waals surface area contributed by atoms with Gasteiger partial charge in [0.05, 0.1) is 0 Å². The first-order valence-corrected chi connectivity index (χ1v) is 7.21. The zero-order valence-corrected chi connectivity index (χ0v) is 12.2. The fourth-order valence-electron chi connectivity index (χ4n) is 2.63. The normalized spacial score (nSPS) is 23.7. The third-order valence-electron chi connectivity index (χ3n) is 3.54. The maximum atomic E-state index is 5.98. The largest absolute Gasteiger partial charge is 0.389 e. The molecule has 1 aliphatic rings. The van der Waals surface area contributed by atoms with E-state index in [9.17, 15) is 0 Å². The SMILES string of the molecule is CC1CCCC(Nc2ccc(Cl)cc2C(N)=S)C1. The van der Waals surface area contributed by atoms with E-state index in [2.05, 4.69) is 12.2 Å². The van der Waals surface area contributed by atoms with Crippen molar-refractivity contribution in [2.45, 2.75) is 38.6 Å². The van der Waals surface area contributed by atoms with Gasteiger partial charge in [0.15, 0.2) is 0 Å². The molecule has 0 amide bonds. The molecule has 1 saturated carbocycles. The van der Waals surface area contributed by atoms with Crippen LogP contribution in [0.3, 0.4) is 0 Å². The number of nitrogens with two attached hydrogens (primary N) is 1. The van der Waals surface area contributed by atoms with Gasteiger partial charge in [-0.25, -0.2) is 0 Å². The van der Waals surface area contributed by atoms with Crippen LogP contribution in [0.25, 0.3) is 0 Å². The predicted molar refractivity (Wildman–Crippen MR) is 82.4 cm³/mol. The van der Waals surface area contributed by atoms with Gasteiger partial charge in [0, 0.05) is 22.3 Å². The van der Waals surface area contributed by atoms with Crippen LogP contribution in [0.5, 0.6) is 0 Å². The Morgan fingerprint density at radius 1 is 1.44 bits per heavy atom. The molecule has 0 radical (unpaired) electrons. The summed E-state index contributed by atoms with van der Waals surface area (Å²) in [6.07, 6.45) is 5.04. The second-order valence-electron chi connectivity index (χ2n) is 5.17. The molecule has 1 aromatic rings. The van der Waals surface area contributed by atoms with Crippen LogP contribution in [0.4, 0.5) is 5.69 Å². The van der Waals surface area contributed by atoms with Gasteiger partial charge in [0.2, 0.25) is 0 Å². The van der Waals surface area contributed by atoms with Gasteiger partial charge in [-0.1, -0.05) is 43.6 Å². The lowest BCUT2D eigenvalue weighted by atomic mass is 9.87. The summed E-state index contributed by atoms with van der Waals surface area (Å²) in [5.41, 5.74) is 7.60. The number of hydrogen-bond acceptors (Lipinski definition) is 2. The highest BCUT2D eigenvalue weighted by molar-refractivity contribution is 7.80. The van der Waals surface area contributed by atoms with Crippen molar-refractivity contribution in [2.24, 2.45) is 11.7 Å². The summed E-state index contributed by atoms with van der Waals surface area (Å²) in [6.45, 7) is 2.31. The molecular weight excluding hydrogens is 264 g/mol. The van der Waals surface area contributed by atoms with Gasteiger partial charge in [-0.15, -0.1) is 0 Å². The van der Waals surface area contributed by atoms with E-state index in [1.807, 2.05) is 18.2 Å². The summed E-state index contributed by atoms with van der Waals surface area (Å²) >= 11 is 11.1. The molecule has 1 aliphatic carbocycles. The fourth-order valence-corrected chi connectivity index (χ4v) is 2.97. The van der Waals surface area contributed by atoms with Gasteiger partial charge in [-0.2, -0.15) is 0 Å². The van der Waals surface area contributed by atoms with Crippen LogP contribution in [-0.4, -0.2) is 11.0 Å². The minimum absolute atomic E-state index is 0.392. The summed E-state index contributed by atoms with van der Waals surface area (Å²) in [4.78, 5) is 0.392. The van der Waals surface area contributed by atoms with E-state index in [4.69, 9.17) is 29.6 Å². The van der Waals surface area contributed by atoms with Crippen LogP contribution in [0.2, 0.25) is 5.02 Å². The highest BCUT2D eigenvalue weighted by Crippen LogP contribution is 2.28. The molecule has 2 atom stereocenters. The topological polar surface area (TPSA) is 38.0 Å². The fraction of sp³-hybridized carbons (Fsp3) is 0.500. The Bertz CT molecular complexity index is 447. The van der Waals surface area contributed by atoms with Crippen molar-refractivity contribution in [3.05, 3.63) is 28.8 Å². The Morgan fingerprint density at radius 2 is 2.22 bits per heavy atom. The van der Waals surface area contributed by atoms with Crippen LogP contribution in [-0.2, 0) is 0 Å². The van der Waals surface area contributed by atoms with Gasteiger partial charge < -0.3 is 11.1 Å². The van der Waals surface area contributed by atoms with Crippen molar-refractivity contribution >= 4 is 34.5 Å². The number of nitrogens with one attached hydrogen (secondary N) is 1. The molecule has 18 heavy (non-hydrogen) atoms. The van der Waals surface area contributed by atoms with Crippen LogP contribution in [0.15, 0.2) is 18.2 Å². The van der Waals surface area contributed by atoms with E-state index < -0.39 is 0 Å². The zero-order chi connectivity index (χ0) is 13.1. The lowest BCUT2D eigenvalue weighted by Crippen LogP contribution is -2.27. The highest BCUT2D eigenvalue weighted by Gasteiger charge is 2.19. The first-order valence-electron chi connectivity index (χ1n) is 6.42. The lowest BCUT2D eigenvalue weighted by Gasteiger charge is -2.29. The van der Waals surface area contributed by atoms with E-state index in [0.29, 0.717) is 16.1 Å². The van der Waals surface area contributed by atoms with Crippen LogP contribution in [0, 0.1) is 5.92 Å². The minimum atomic E-state index is 0.392. The van der Waals surface area contributed by atoms with E-state index >= 15 is 0 Å². The zero-order valence-electron chi connectivity index (χ0n) is 10.6. The average Bonchev–Trinajstić information content (AvgIpc) is 2.31. The van der Waals surface area contributed by atoms with Gasteiger partial charge in [-0.3, -0.25) is 0 Å². The highest BCUT2D eigenvalue weighted by atomic mass is 35.5. The van der Waals surface area contributed by atoms with Crippen LogP contribution < -0.4 is 11.1 Å². The first-order chi connectivity index (χ1) is 8.56. The number of rotatable bonds is 3. The standard InChI is InChI=1S/C14H19ClN2S/c1-9-3-2-4-11(7-9)17-13-6-5-10(15)8-12(13)14(16)18/h5-6,8-9,11,17H,2-4,7H2,1H3,(H2,16,18). The van der Waals surface area contributed by atoms with E-state index in [1.165, 1.54) is 25.7 Å². The van der Waals surface area contributed by atoms with Crippen molar-refractivity contribution in [3.63, 3.8) is 0 Å². The number of hydrogen-bond donors (Lipinski definition) is 2. The second-order valence-corrected chi connectivity index (χ2v) is 6.04. The summed E-state index contributed by atoms with van der Waals surface area (Å²) in [5.74, 6) is 0.789. The molecule has 98 valence electrons. The number of thiocarbonyl (C=S) groups is 1. The number of halogens is 1.